The Morgan fingerprint density at radius 1 is 1.17 bits per heavy atom. The van der Waals surface area contributed by atoms with Crippen molar-refractivity contribution in [2.24, 2.45) is 11.8 Å². The van der Waals surface area contributed by atoms with Gasteiger partial charge in [0.1, 0.15) is 0 Å². The maximum Gasteiger partial charge on any atom is 0.251 e. The molecule has 0 aliphatic carbocycles. The van der Waals surface area contributed by atoms with E-state index in [1.165, 1.54) is 17.0 Å². The Hall–Kier alpha value is -1.74. The van der Waals surface area contributed by atoms with E-state index in [0.29, 0.717) is 37.0 Å². The van der Waals surface area contributed by atoms with E-state index >= 15 is 0 Å². The second kappa shape index (κ2) is 9.60. The Morgan fingerprint density at radius 2 is 1.80 bits per heavy atom. The highest BCUT2D eigenvalue weighted by Crippen LogP contribution is 2.27. The average molecular weight is 450 g/mol. The van der Waals surface area contributed by atoms with Crippen molar-refractivity contribution in [1.82, 2.24) is 14.5 Å². The predicted octanol–water partition coefficient (Wildman–Crippen LogP) is 3.45. The second-order valence-electron chi connectivity index (χ2n) is 8.50. The van der Waals surface area contributed by atoms with Crippen LogP contribution in [-0.2, 0) is 10.0 Å². The number of amides is 1. The zero-order valence-electron chi connectivity index (χ0n) is 18.0. The number of nitrogens with one attached hydrogen (secondary N) is 1. The summed E-state index contributed by atoms with van der Waals surface area (Å²) in [5, 5.41) is 4.99. The molecule has 8 heteroatoms. The van der Waals surface area contributed by atoms with Crippen LogP contribution in [0, 0.1) is 11.8 Å². The van der Waals surface area contributed by atoms with E-state index in [2.05, 4.69) is 30.1 Å². The fourth-order valence-corrected chi connectivity index (χ4v) is 6.64. The number of hydrogen-bond donors (Lipinski definition) is 1. The molecule has 1 N–H and O–H groups in total. The number of benzene rings is 1. The molecule has 2 aromatic rings. The molecule has 6 nitrogen and oxygen atoms in total. The molecule has 0 saturated carbocycles. The summed E-state index contributed by atoms with van der Waals surface area (Å²) in [6.07, 6.45) is 1.05. The molecule has 1 amide bonds. The van der Waals surface area contributed by atoms with Crippen LogP contribution in [0.5, 0.6) is 0 Å². The van der Waals surface area contributed by atoms with Gasteiger partial charge in [-0.05, 0) is 68.1 Å². The van der Waals surface area contributed by atoms with Gasteiger partial charge in [0.2, 0.25) is 10.0 Å². The number of likely N-dealkylation sites (N-methyl/N-ethyl adjacent to an activating group) is 1. The number of thiophene rings is 1. The Labute approximate surface area is 183 Å². The SMILES string of the molecule is CC1CC(C)CN(S(=O)(=O)c2ccc(C(=O)NCC(c3cccs3)N(C)C)cc2)C1. The van der Waals surface area contributed by atoms with E-state index in [4.69, 9.17) is 0 Å². The molecule has 3 unspecified atom stereocenters. The zero-order valence-corrected chi connectivity index (χ0v) is 19.7. The first-order valence-electron chi connectivity index (χ1n) is 10.3. The first-order chi connectivity index (χ1) is 14.2. The lowest BCUT2D eigenvalue weighted by Gasteiger charge is -2.34. The molecule has 164 valence electrons. The highest BCUT2D eigenvalue weighted by molar-refractivity contribution is 7.89. The molecule has 0 radical (unpaired) electrons. The smallest absolute Gasteiger partial charge is 0.251 e. The highest BCUT2D eigenvalue weighted by Gasteiger charge is 2.31. The number of sulfonamides is 1. The van der Waals surface area contributed by atoms with Gasteiger partial charge in [-0.15, -0.1) is 11.3 Å². The monoisotopic (exact) mass is 449 g/mol. The number of nitrogens with zero attached hydrogens (tertiary/aromatic N) is 2. The third-order valence-electron chi connectivity index (χ3n) is 5.54. The maximum absolute atomic E-state index is 13.0. The minimum absolute atomic E-state index is 0.0941. The molecular weight excluding hydrogens is 418 g/mol. The van der Waals surface area contributed by atoms with E-state index in [-0.39, 0.29) is 16.8 Å². The average Bonchev–Trinajstić information content (AvgIpc) is 3.21. The number of piperidine rings is 1. The lowest BCUT2D eigenvalue weighted by Crippen LogP contribution is -2.42. The van der Waals surface area contributed by atoms with Gasteiger partial charge in [-0.25, -0.2) is 8.42 Å². The molecule has 1 aromatic carbocycles. The van der Waals surface area contributed by atoms with E-state index in [1.54, 1.807) is 27.8 Å². The Bertz CT molecular complexity index is 931. The summed E-state index contributed by atoms with van der Waals surface area (Å²) in [5.41, 5.74) is 0.456. The van der Waals surface area contributed by atoms with Crippen LogP contribution in [0.3, 0.4) is 0 Å². The van der Waals surface area contributed by atoms with Crippen LogP contribution < -0.4 is 5.32 Å². The van der Waals surface area contributed by atoms with Gasteiger partial charge in [0.15, 0.2) is 0 Å². The van der Waals surface area contributed by atoms with Crippen molar-refractivity contribution >= 4 is 27.3 Å². The third-order valence-corrected chi connectivity index (χ3v) is 8.36. The molecule has 1 aliphatic heterocycles. The van der Waals surface area contributed by atoms with Gasteiger partial charge in [0.05, 0.1) is 10.9 Å². The van der Waals surface area contributed by atoms with Gasteiger partial charge < -0.3 is 10.2 Å². The van der Waals surface area contributed by atoms with Crippen molar-refractivity contribution in [2.75, 3.05) is 33.7 Å². The molecule has 1 aromatic heterocycles. The molecule has 2 heterocycles. The molecule has 1 fully saturated rings. The van der Waals surface area contributed by atoms with Crippen molar-refractivity contribution in [3.8, 4) is 0 Å². The van der Waals surface area contributed by atoms with Crippen LogP contribution in [0.15, 0.2) is 46.7 Å². The summed E-state index contributed by atoms with van der Waals surface area (Å²) in [6, 6.07) is 10.4. The van der Waals surface area contributed by atoms with Crippen molar-refractivity contribution in [3.63, 3.8) is 0 Å². The molecule has 0 spiro atoms. The topological polar surface area (TPSA) is 69.7 Å². The minimum atomic E-state index is -3.54. The Morgan fingerprint density at radius 3 is 2.33 bits per heavy atom. The minimum Gasteiger partial charge on any atom is -0.350 e. The predicted molar refractivity (Wildman–Crippen MR) is 121 cm³/mol. The summed E-state index contributed by atoms with van der Waals surface area (Å²) in [4.78, 5) is 16.1. The Kier molecular flexibility index (Phi) is 7.34. The van der Waals surface area contributed by atoms with Gasteiger partial charge in [-0.1, -0.05) is 19.9 Å². The molecule has 1 saturated heterocycles. The number of hydrogen-bond acceptors (Lipinski definition) is 5. The largest absolute Gasteiger partial charge is 0.350 e. The maximum atomic E-state index is 13.0. The summed E-state index contributed by atoms with van der Waals surface area (Å²) >= 11 is 1.66. The van der Waals surface area contributed by atoms with Gasteiger partial charge >= 0.3 is 0 Å². The Balaban J connectivity index is 1.66. The van der Waals surface area contributed by atoms with Gasteiger partial charge in [-0.3, -0.25) is 4.79 Å². The van der Waals surface area contributed by atoms with Crippen LogP contribution in [0.25, 0.3) is 0 Å². The summed E-state index contributed by atoms with van der Waals surface area (Å²) < 4.78 is 27.6. The van der Waals surface area contributed by atoms with Crippen molar-refractivity contribution in [1.29, 1.82) is 0 Å². The quantitative estimate of drug-likeness (QED) is 0.703. The van der Waals surface area contributed by atoms with E-state index < -0.39 is 10.0 Å². The second-order valence-corrected chi connectivity index (χ2v) is 11.4. The molecule has 0 bridgehead atoms. The summed E-state index contributed by atoms with van der Waals surface area (Å²) in [6.45, 7) is 5.74. The normalized spacial score (nSPS) is 21.5. The molecule has 3 atom stereocenters. The molecular formula is C22H31N3O3S2. The van der Waals surface area contributed by atoms with E-state index in [0.717, 1.165) is 6.42 Å². The molecule has 3 rings (SSSR count). The number of carbonyl (C=O) groups excluding carboxylic acids is 1. The third kappa shape index (κ3) is 5.29. The first-order valence-corrected chi connectivity index (χ1v) is 12.6. The zero-order chi connectivity index (χ0) is 21.9. The number of carbonyl (C=O) groups is 1. The fourth-order valence-electron chi connectivity index (χ4n) is 4.04. The standard InChI is InChI=1S/C22H31N3O3S2/c1-16-12-17(2)15-25(14-16)30(27,28)19-9-7-18(8-10-19)22(26)23-13-20(24(3)4)21-6-5-11-29-21/h5-11,16-17,20H,12-15H2,1-4H3,(H,23,26). The van der Waals surface area contributed by atoms with Crippen molar-refractivity contribution in [2.45, 2.75) is 31.2 Å². The van der Waals surface area contributed by atoms with Crippen molar-refractivity contribution < 1.29 is 13.2 Å². The van der Waals surface area contributed by atoms with Crippen molar-refractivity contribution in [3.05, 3.63) is 52.2 Å². The van der Waals surface area contributed by atoms with E-state index in [1.807, 2.05) is 25.5 Å². The fraction of sp³-hybridized carbons (Fsp3) is 0.500. The lowest BCUT2D eigenvalue weighted by atomic mass is 9.94. The van der Waals surface area contributed by atoms with Crippen LogP contribution in [0.2, 0.25) is 0 Å². The first kappa shape index (κ1) is 22.9. The van der Waals surface area contributed by atoms with Gasteiger partial charge in [0, 0.05) is 30.1 Å². The lowest BCUT2D eigenvalue weighted by molar-refractivity contribution is 0.0942. The summed E-state index contributed by atoms with van der Waals surface area (Å²) in [7, 11) is 0.429. The molecule has 1 aliphatic rings. The van der Waals surface area contributed by atoms with Gasteiger partial charge in [0.25, 0.3) is 5.91 Å². The van der Waals surface area contributed by atoms with Crippen LogP contribution in [0.4, 0.5) is 0 Å². The highest BCUT2D eigenvalue weighted by atomic mass is 32.2. The summed E-state index contributed by atoms with van der Waals surface area (Å²) in [5.74, 6) is 0.491. The van der Waals surface area contributed by atoms with Crippen LogP contribution in [0.1, 0.15) is 41.5 Å². The van der Waals surface area contributed by atoms with Crippen LogP contribution in [-0.4, -0.2) is 57.3 Å². The number of rotatable bonds is 7. The van der Waals surface area contributed by atoms with E-state index in [9.17, 15) is 13.2 Å². The molecule has 30 heavy (non-hydrogen) atoms. The van der Waals surface area contributed by atoms with Crippen LogP contribution >= 0.6 is 11.3 Å². The van der Waals surface area contributed by atoms with Gasteiger partial charge in [-0.2, -0.15) is 4.31 Å².